The van der Waals surface area contributed by atoms with Crippen LogP contribution in [-0.2, 0) is 20.2 Å². The van der Waals surface area contributed by atoms with Gasteiger partial charge in [0.15, 0.2) is 16.3 Å². The second kappa shape index (κ2) is 8.53. The zero-order chi connectivity index (χ0) is 22.2. The standard InChI is InChI=1S/C16H29N5O5S3/c1-7-21(8-2)28(23,24)15-12(22)11(9-27-15)18-14-13(19-29(25,26)20-14)17-10(3)16(4,5)6/h9-10,12,15,22H,7-8H2,1-6H3,(H,17,19)(H,18,20)/t10-,12?,15?/m0/s1. The van der Waals surface area contributed by atoms with Crippen molar-refractivity contribution >= 4 is 43.7 Å². The number of amidine groups is 2. The van der Waals surface area contributed by atoms with Crippen LogP contribution >= 0.6 is 11.8 Å². The first-order valence-electron chi connectivity index (χ1n) is 9.23. The van der Waals surface area contributed by atoms with Crippen molar-refractivity contribution in [2.24, 2.45) is 14.8 Å². The number of hydrogen-bond acceptors (Lipinski definition) is 8. The molecule has 3 atom stereocenters. The molecule has 0 aromatic heterocycles. The molecule has 0 radical (unpaired) electrons. The lowest BCUT2D eigenvalue weighted by Crippen LogP contribution is -2.44. The summed E-state index contributed by atoms with van der Waals surface area (Å²) in [7, 11) is -7.70. The molecule has 0 fully saturated rings. The summed E-state index contributed by atoms with van der Waals surface area (Å²) in [5, 5.41) is 14.8. The van der Waals surface area contributed by atoms with E-state index in [2.05, 4.69) is 19.4 Å². The van der Waals surface area contributed by atoms with E-state index in [1.165, 1.54) is 9.71 Å². The van der Waals surface area contributed by atoms with Crippen LogP contribution in [0.25, 0.3) is 0 Å². The Hall–Kier alpha value is -1.15. The average Bonchev–Trinajstić information content (AvgIpc) is 3.07. The number of thioether (sulfide) groups is 1. The van der Waals surface area contributed by atoms with Gasteiger partial charge in [-0.15, -0.1) is 16.2 Å². The number of rotatable bonds is 6. The molecule has 0 aromatic rings. The topological polar surface area (TPSA) is 141 Å². The molecule has 2 unspecified atom stereocenters. The van der Waals surface area contributed by atoms with Crippen molar-refractivity contribution in [1.82, 2.24) is 14.3 Å². The first-order chi connectivity index (χ1) is 13.2. The SMILES string of the molecule is CCN(CC)S(=O)(=O)C1SC=C(NC2=NS(=O)(=O)NC2=N[C@@H](C)C(C)(C)C)C1O. The first-order valence-corrected chi connectivity index (χ1v) is 13.1. The van der Waals surface area contributed by atoms with Crippen LogP contribution in [0.5, 0.6) is 0 Å². The van der Waals surface area contributed by atoms with Crippen LogP contribution in [0, 0.1) is 5.41 Å². The summed E-state index contributed by atoms with van der Waals surface area (Å²) in [6.45, 7) is 11.8. The summed E-state index contributed by atoms with van der Waals surface area (Å²) in [5.41, 5.74) is -0.0543. The number of sulfonamides is 1. The van der Waals surface area contributed by atoms with Crippen molar-refractivity contribution in [3.05, 3.63) is 11.1 Å². The number of nitrogens with zero attached hydrogens (tertiary/aromatic N) is 3. The minimum atomic E-state index is -3.96. The van der Waals surface area contributed by atoms with Gasteiger partial charge in [0, 0.05) is 13.1 Å². The number of hydrogen-bond donors (Lipinski definition) is 3. The van der Waals surface area contributed by atoms with E-state index in [1.807, 2.05) is 27.7 Å². The largest absolute Gasteiger partial charge is 0.385 e. The van der Waals surface area contributed by atoms with Crippen molar-refractivity contribution < 1.29 is 21.9 Å². The maximum Gasteiger partial charge on any atom is 0.345 e. The third-order valence-corrected chi connectivity index (χ3v) is 9.70. The molecule has 0 aliphatic carbocycles. The molecule has 0 saturated heterocycles. The van der Waals surface area contributed by atoms with Gasteiger partial charge in [0.1, 0.15) is 6.10 Å². The zero-order valence-electron chi connectivity index (χ0n) is 17.4. The number of aliphatic imine (C=N–C) groups is 1. The lowest BCUT2D eigenvalue weighted by atomic mass is 9.88. The Kier molecular flexibility index (Phi) is 7.10. The van der Waals surface area contributed by atoms with E-state index in [1.54, 1.807) is 13.8 Å². The van der Waals surface area contributed by atoms with Gasteiger partial charge in [-0.05, 0) is 17.7 Å². The predicted octanol–water partition coefficient (Wildman–Crippen LogP) is 0.602. The van der Waals surface area contributed by atoms with Crippen LogP contribution in [0.1, 0.15) is 41.5 Å². The fourth-order valence-corrected chi connectivity index (χ4v) is 6.71. The highest BCUT2D eigenvalue weighted by atomic mass is 32.3. The molecule has 0 saturated carbocycles. The molecular formula is C16H29N5O5S3. The highest BCUT2D eigenvalue weighted by Crippen LogP contribution is 2.35. The molecule has 2 aliphatic heterocycles. The second-order valence-corrected chi connectivity index (χ2v) is 12.5. The molecule has 29 heavy (non-hydrogen) atoms. The summed E-state index contributed by atoms with van der Waals surface area (Å²) in [5.74, 6) is -0.0477. The van der Waals surface area contributed by atoms with E-state index in [-0.39, 0.29) is 28.8 Å². The molecule has 0 spiro atoms. The molecule has 10 nitrogen and oxygen atoms in total. The van der Waals surface area contributed by atoms with Gasteiger partial charge >= 0.3 is 10.2 Å². The fourth-order valence-electron chi connectivity index (χ4n) is 2.55. The summed E-state index contributed by atoms with van der Waals surface area (Å²) in [4.78, 5) is 4.40. The predicted molar refractivity (Wildman–Crippen MR) is 116 cm³/mol. The molecule has 13 heteroatoms. The summed E-state index contributed by atoms with van der Waals surface area (Å²) in [6.07, 6.45) is -1.36. The summed E-state index contributed by atoms with van der Waals surface area (Å²) < 4.78 is 55.3. The minimum absolute atomic E-state index is 0.0283. The van der Waals surface area contributed by atoms with E-state index in [9.17, 15) is 21.9 Å². The van der Waals surface area contributed by atoms with Crippen molar-refractivity contribution in [3.63, 3.8) is 0 Å². The van der Waals surface area contributed by atoms with Crippen LogP contribution in [0.15, 0.2) is 20.5 Å². The molecule has 2 aliphatic rings. The minimum Gasteiger partial charge on any atom is -0.385 e. The molecule has 0 bridgehead atoms. The van der Waals surface area contributed by atoms with Gasteiger partial charge in [0.25, 0.3) is 0 Å². The quantitative estimate of drug-likeness (QED) is 0.519. The van der Waals surface area contributed by atoms with E-state index >= 15 is 0 Å². The zero-order valence-corrected chi connectivity index (χ0v) is 19.8. The highest BCUT2D eigenvalue weighted by Gasteiger charge is 2.42. The Balaban J connectivity index is 2.25. The van der Waals surface area contributed by atoms with Gasteiger partial charge in [-0.2, -0.15) is 8.42 Å². The van der Waals surface area contributed by atoms with E-state index in [4.69, 9.17) is 0 Å². The maximum atomic E-state index is 12.7. The Labute approximate surface area is 177 Å². The van der Waals surface area contributed by atoms with Crippen molar-refractivity contribution in [2.75, 3.05) is 13.1 Å². The van der Waals surface area contributed by atoms with Crippen LogP contribution in [0.3, 0.4) is 0 Å². The van der Waals surface area contributed by atoms with Gasteiger partial charge < -0.3 is 10.4 Å². The lowest BCUT2D eigenvalue weighted by molar-refractivity contribution is 0.221. The number of aliphatic hydroxyl groups excluding tert-OH is 1. The van der Waals surface area contributed by atoms with Crippen LogP contribution in [-0.4, -0.2) is 67.7 Å². The summed E-state index contributed by atoms with van der Waals surface area (Å²) >= 11 is 0.958. The van der Waals surface area contributed by atoms with Gasteiger partial charge in [-0.3, -0.25) is 4.99 Å². The smallest absolute Gasteiger partial charge is 0.345 e. The fraction of sp³-hybridized carbons (Fsp3) is 0.750. The normalized spacial score (nSPS) is 27.0. The van der Waals surface area contributed by atoms with Crippen molar-refractivity contribution in [2.45, 2.75) is 58.3 Å². The molecule has 2 rings (SSSR count). The van der Waals surface area contributed by atoms with Crippen molar-refractivity contribution in [3.8, 4) is 0 Å². The van der Waals surface area contributed by atoms with Gasteiger partial charge in [0.05, 0.1) is 11.7 Å². The molecule has 166 valence electrons. The Bertz CT molecular complexity index is 930. The maximum absolute atomic E-state index is 12.7. The van der Waals surface area contributed by atoms with Crippen LogP contribution in [0.4, 0.5) is 0 Å². The molecule has 0 amide bonds. The Morgan fingerprint density at radius 1 is 1.38 bits per heavy atom. The van der Waals surface area contributed by atoms with Gasteiger partial charge in [-0.25, -0.2) is 17.4 Å². The second-order valence-electron chi connectivity index (χ2n) is 7.81. The number of aliphatic hydroxyl groups is 1. The molecule has 3 N–H and O–H groups in total. The lowest BCUT2D eigenvalue weighted by Gasteiger charge is -2.25. The highest BCUT2D eigenvalue weighted by molar-refractivity contribution is 8.14. The van der Waals surface area contributed by atoms with Gasteiger partial charge in [0.2, 0.25) is 10.0 Å². The molecule has 0 aromatic carbocycles. The molecular weight excluding hydrogens is 438 g/mol. The number of nitrogens with one attached hydrogen (secondary N) is 2. The van der Waals surface area contributed by atoms with E-state index in [0.717, 1.165) is 11.8 Å². The Morgan fingerprint density at radius 2 is 1.97 bits per heavy atom. The van der Waals surface area contributed by atoms with E-state index < -0.39 is 30.9 Å². The summed E-state index contributed by atoms with van der Waals surface area (Å²) in [6, 6.07) is -0.224. The molecule has 2 heterocycles. The van der Waals surface area contributed by atoms with E-state index in [0.29, 0.717) is 13.1 Å². The van der Waals surface area contributed by atoms with Crippen LogP contribution < -0.4 is 10.0 Å². The monoisotopic (exact) mass is 467 g/mol. The third kappa shape index (κ3) is 5.32. The third-order valence-electron chi connectivity index (χ3n) is 4.76. The van der Waals surface area contributed by atoms with Gasteiger partial charge in [-0.1, -0.05) is 34.6 Å². The Morgan fingerprint density at radius 3 is 2.48 bits per heavy atom. The first kappa shape index (κ1) is 24.1. The van der Waals surface area contributed by atoms with Crippen molar-refractivity contribution in [1.29, 1.82) is 0 Å². The van der Waals surface area contributed by atoms with Crippen LogP contribution in [0.2, 0.25) is 0 Å². The average molecular weight is 468 g/mol.